The number of hydrogen-bond donors (Lipinski definition) is 2. The fourth-order valence-electron chi connectivity index (χ4n) is 5.43. The molecule has 0 spiro atoms. The topological polar surface area (TPSA) is 114 Å². The molecule has 5 rings (SSSR count). The summed E-state index contributed by atoms with van der Waals surface area (Å²) in [4.78, 5) is 40.3. The molecule has 0 radical (unpaired) electrons. The number of nitrogens with one attached hydrogen (secondary N) is 1. The minimum absolute atomic E-state index is 0.112. The summed E-state index contributed by atoms with van der Waals surface area (Å²) < 4.78 is 17.1. The summed E-state index contributed by atoms with van der Waals surface area (Å²) in [6.07, 6.45) is -0.684. The monoisotopic (exact) mass is 578 g/mol. The number of ether oxygens (including phenoxy) is 3. The molecule has 2 heterocycles. The molecule has 3 aromatic rings. The van der Waals surface area contributed by atoms with E-state index < -0.39 is 35.8 Å². The summed E-state index contributed by atoms with van der Waals surface area (Å²) in [6, 6.07) is 16.8. The maximum absolute atomic E-state index is 13.8. The molecule has 0 saturated carbocycles. The molecule has 216 valence electrons. The molecule has 2 aromatic carbocycles. The summed E-state index contributed by atoms with van der Waals surface area (Å²) in [5.74, 6) is -1.14. The molecule has 1 saturated heterocycles. The standard InChI is InChI=1S/C31H34N2O7S/c1-31(2,3)40-29(36)32-26-17-38-13-12-27(26)33(15-20-14-19(18-41-20)28(34)35)30(37)39-16-25-23-10-6-4-8-21(23)22-9-5-7-11-24(22)25/h4-11,14,18,25-27H,12-13,15-17H2,1-3H3,(H,32,36)(H,34,35)/t26-,27+/m0/s1. The molecule has 2 atom stereocenters. The summed E-state index contributed by atoms with van der Waals surface area (Å²) >= 11 is 1.26. The molecule has 1 aliphatic heterocycles. The third-order valence-corrected chi connectivity index (χ3v) is 8.14. The van der Waals surface area contributed by atoms with Crippen LogP contribution in [0.3, 0.4) is 0 Å². The van der Waals surface area contributed by atoms with Gasteiger partial charge in [0, 0.05) is 22.8 Å². The third kappa shape index (κ3) is 6.55. The van der Waals surface area contributed by atoms with Crippen LogP contribution in [-0.2, 0) is 20.8 Å². The quantitative estimate of drug-likeness (QED) is 0.360. The zero-order chi connectivity index (χ0) is 29.1. The predicted octanol–water partition coefficient (Wildman–Crippen LogP) is 5.88. The van der Waals surface area contributed by atoms with Gasteiger partial charge in [-0.25, -0.2) is 14.4 Å². The van der Waals surface area contributed by atoms with Gasteiger partial charge in [0.25, 0.3) is 0 Å². The van der Waals surface area contributed by atoms with Gasteiger partial charge in [0.2, 0.25) is 0 Å². The Kier molecular flexibility index (Phi) is 8.32. The van der Waals surface area contributed by atoms with Gasteiger partial charge in [-0.2, -0.15) is 0 Å². The zero-order valence-electron chi connectivity index (χ0n) is 23.3. The van der Waals surface area contributed by atoms with Crippen molar-refractivity contribution in [3.63, 3.8) is 0 Å². The number of fused-ring (bicyclic) bond motifs is 3. The van der Waals surface area contributed by atoms with Gasteiger partial charge in [-0.15, -0.1) is 11.3 Å². The first-order valence-electron chi connectivity index (χ1n) is 13.6. The van der Waals surface area contributed by atoms with E-state index in [1.807, 2.05) is 24.3 Å². The number of alkyl carbamates (subject to hydrolysis) is 1. The average Bonchev–Trinajstić information content (AvgIpc) is 3.53. The first-order chi connectivity index (χ1) is 19.6. The van der Waals surface area contributed by atoms with Gasteiger partial charge in [0.15, 0.2) is 0 Å². The van der Waals surface area contributed by atoms with Crippen molar-refractivity contribution in [1.82, 2.24) is 10.2 Å². The van der Waals surface area contributed by atoms with Gasteiger partial charge in [-0.3, -0.25) is 4.90 Å². The van der Waals surface area contributed by atoms with Crippen molar-refractivity contribution in [2.75, 3.05) is 19.8 Å². The molecule has 2 aliphatic rings. The van der Waals surface area contributed by atoms with Crippen LogP contribution in [0.1, 0.15) is 59.5 Å². The highest BCUT2D eigenvalue weighted by molar-refractivity contribution is 7.10. The van der Waals surface area contributed by atoms with Crippen molar-refractivity contribution in [3.05, 3.63) is 81.5 Å². The fraction of sp³-hybridized carbons (Fsp3) is 0.387. The lowest BCUT2D eigenvalue weighted by molar-refractivity contribution is -0.00684. The summed E-state index contributed by atoms with van der Waals surface area (Å²) in [7, 11) is 0. The van der Waals surface area contributed by atoms with Gasteiger partial charge in [0.1, 0.15) is 12.2 Å². The van der Waals surface area contributed by atoms with Crippen LogP contribution < -0.4 is 5.32 Å². The molecule has 1 aliphatic carbocycles. The number of carboxylic acids is 1. The number of amides is 2. The summed E-state index contributed by atoms with van der Waals surface area (Å²) in [6.45, 7) is 6.20. The van der Waals surface area contributed by atoms with Gasteiger partial charge in [0.05, 0.1) is 30.8 Å². The van der Waals surface area contributed by atoms with Crippen molar-refractivity contribution in [2.24, 2.45) is 0 Å². The molecule has 9 nitrogen and oxygen atoms in total. The molecule has 41 heavy (non-hydrogen) atoms. The molecule has 2 N–H and O–H groups in total. The average molecular weight is 579 g/mol. The first-order valence-corrected chi connectivity index (χ1v) is 14.5. The highest BCUT2D eigenvalue weighted by Crippen LogP contribution is 2.44. The molecular formula is C31H34N2O7S. The number of nitrogens with zero attached hydrogens (tertiary/aromatic N) is 1. The molecule has 0 bridgehead atoms. The number of benzene rings is 2. The van der Waals surface area contributed by atoms with Gasteiger partial charge >= 0.3 is 18.2 Å². The second-order valence-corrected chi connectivity index (χ2v) is 12.2. The van der Waals surface area contributed by atoms with Crippen LogP contribution in [-0.4, -0.2) is 65.7 Å². The molecule has 0 unspecified atom stereocenters. The minimum atomic E-state index is -1.03. The Morgan fingerprint density at radius 3 is 2.34 bits per heavy atom. The van der Waals surface area contributed by atoms with Crippen LogP contribution in [0, 0.1) is 0 Å². The second kappa shape index (κ2) is 11.9. The summed E-state index contributed by atoms with van der Waals surface area (Å²) in [5.41, 5.74) is 3.94. The SMILES string of the molecule is CC(C)(C)OC(=O)N[C@H]1COCC[C@H]1N(Cc1cc(C(=O)O)cs1)C(=O)OCC1c2ccccc2-c2ccccc21. The maximum Gasteiger partial charge on any atom is 0.410 e. The van der Waals surface area contributed by atoms with E-state index in [1.165, 1.54) is 11.3 Å². The lowest BCUT2D eigenvalue weighted by Gasteiger charge is -2.39. The van der Waals surface area contributed by atoms with Crippen LogP contribution in [0.15, 0.2) is 60.0 Å². The van der Waals surface area contributed by atoms with Crippen molar-refractivity contribution < 1.29 is 33.7 Å². The Labute approximate surface area is 243 Å². The van der Waals surface area contributed by atoms with E-state index in [-0.39, 0.29) is 31.2 Å². The van der Waals surface area contributed by atoms with Gasteiger partial charge < -0.3 is 24.6 Å². The van der Waals surface area contributed by atoms with E-state index in [9.17, 15) is 19.5 Å². The van der Waals surface area contributed by atoms with E-state index in [2.05, 4.69) is 29.6 Å². The molecule has 1 aromatic heterocycles. The molecular weight excluding hydrogens is 544 g/mol. The van der Waals surface area contributed by atoms with E-state index in [0.29, 0.717) is 17.9 Å². The van der Waals surface area contributed by atoms with Crippen molar-refractivity contribution in [1.29, 1.82) is 0 Å². The number of rotatable bonds is 7. The zero-order valence-corrected chi connectivity index (χ0v) is 24.1. The van der Waals surface area contributed by atoms with Crippen LogP contribution in [0.25, 0.3) is 11.1 Å². The second-order valence-electron chi connectivity index (χ2n) is 11.2. The molecule has 10 heteroatoms. The van der Waals surface area contributed by atoms with E-state index in [4.69, 9.17) is 14.2 Å². The van der Waals surface area contributed by atoms with Crippen molar-refractivity contribution in [2.45, 2.75) is 57.3 Å². The van der Waals surface area contributed by atoms with Gasteiger partial charge in [-0.1, -0.05) is 48.5 Å². The predicted molar refractivity (Wildman–Crippen MR) is 154 cm³/mol. The largest absolute Gasteiger partial charge is 0.478 e. The maximum atomic E-state index is 13.8. The Balaban J connectivity index is 1.38. The van der Waals surface area contributed by atoms with Crippen LogP contribution in [0.2, 0.25) is 0 Å². The number of carboxylic acid groups (broad SMARTS) is 1. The Morgan fingerprint density at radius 2 is 1.73 bits per heavy atom. The smallest absolute Gasteiger partial charge is 0.410 e. The van der Waals surface area contributed by atoms with Crippen molar-refractivity contribution >= 4 is 29.5 Å². The number of aromatic carboxylic acids is 1. The van der Waals surface area contributed by atoms with E-state index in [0.717, 1.165) is 22.3 Å². The number of thiophene rings is 1. The highest BCUT2D eigenvalue weighted by atomic mass is 32.1. The van der Waals surface area contributed by atoms with Crippen LogP contribution in [0.5, 0.6) is 0 Å². The number of hydrogen-bond acceptors (Lipinski definition) is 7. The minimum Gasteiger partial charge on any atom is -0.478 e. The number of carbonyl (C=O) groups excluding carboxylic acids is 2. The normalized spacial score (nSPS) is 18.2. The lowest BCUT2D eigenvalue weighted by Crippen LogP contribution is -2.58. The number of carbonyl (C=O) groups is 3. The third-order valence-electron chi connectivity index (χ3n) is 7.22. The lowest BCUT2D eigenvalue weighted by atomic mass is 9.98. The highest BCUT2D eigenvalue weighted by Gasteiger charge is 2.37. The van der Waals surface area contributed by atoms with Crippen LogP contribution >= 0.6 is 11.3 Å². The molecule has 2 amide bonds. The Bertz CT molecular complexity index is 1380. The molecule has 1 fully saturated rings. The Hall–Kier alpha value is -3.89. The van der Waals surface area contributed by atoms with Crippen LogP contribution in [0.4, 0.5) is 9.59 Å². The summed E-state index contributed by atoms with van der Waals surface area (Å²) in [5, 5.41) is 13.8. The first kappa shape index (κ1) is 28.6. The van der Waals surface area contributed by atoms with E-state index in [1.54, 1.807) is 37.1 Å². The fourth-order valence-corrected chi connectivity index (χ4v) is 6.29. The Morgan fingerprint density at radius 1 is 1.07 bits per heavy atom. The van der Waals surface area contributed by atoms with Crippen molar-refractivity contribution in [3.8, 4) is 11.1 Å². The van der Waals surface area contributed by atoms with Gasteiger partial charge in [-0.05, 0) is 55.5 Å². The van der Waals surface area contributed by atoms with E-state index >= 15 is 0 Å².